The number of hydrogen-bond donors (Lipinski definition) is 2. The summed E-state index contributed by atoms with van der Waals surface area (Å²) in [5.74, 6) is -0.122. The first-order valence-corrected chi connectivity index (χ1v) is 11.8. The number of rotatable bonds is 6. The van der Waals surface area contributed by atoms with E-state index in [1.54, 1.807) is 12.1 Å². The Morgan fingerprint density at radius 2 is 1.34 bits per heavy atom. The molecular weight excluding hydrogens is 420 g/mol. The van der Waals surface area contributed by atoms with Crippen LogP contribution in [0.4, 0.5) is 5.69 Å². The van der Waals surface area contributed by atoms with Gasteiger partial charge in [0.25, 0.3) is 10.0 Å². The largest absolute Gasteiger partial charge is 0.326 e. The number of hydrogen-bond acceptors (Lipinski definition) is 3. The minimum atomic E-state index is -3.78. The van der Waals surface area contributed by atoms with Crippen molar-refractivity contribution in [2.45, 2.75) is 23.7 Å². The number of anilines is 1. The van der Waals surface area contributed by atoms with Gasteiger partial charge in [0.1, 0.15) is 0 Å². The molecule has 3 aromatic rings. The molecule has 2 atom stereocenters. The normalized spacial score (nSPS) is 18.0. The van der Waals surface area contributed by atoms with Gasteiger partial charge in [0, 0.05) is 30.1 Å². The Morgan fingerprint density at radius 3 is 1.91 bits per heavy atom. The molecule has 2 unspecified atom stereocenters. The van der Waals surface area contributed by atoms with E-state index in [1.165, 1.54) is 24.6 Å². The number of benzene rings is 3. The molecule has 5 nitrogen and oxygen atoms in total. The zero-order valence-electron chi connectivity index (χ0n) is 17.6. The van der Waals surface area contributed by atoms with Gasteiger partial charge in [0.05, 0.1) is 4.90 Å². The first-order chi connectivity index (χ1) is 15.4. The van der Waals surface area contributed by atoms with E-state index in [1.807, 2.05) is 54.6 Å². The molecule has 0 fully saturated rings. The molecule has 2 N–H and O–H groups in total. The van der Waals surface area contributed by atoms with Crippen LogP contribution in [0.15, 0.2) is 114 Å². The van der Waals surface area contributed by atoms with E-state index in [4.69, 9.17) is 0 Å². The van der Waals surface area contributed by atoms with Crippen molar-refractivity contribution in [3.05, 3.63) is 120 Å². The van der Waals surface area contributed by atoms with Gasteiger partial charge in [-0.3, -0.25) is 9.52 Å². The van der Waals surface area contributed by atoms with Gasteiger partial charge >= 0.3 is 0 Å². The highest BCUT2D eigenvalue weighted by atomic mass is 32.2. The molecule has 32 heavy (non-hydrogen) atoms. The maximum Gasteiger partial charge on any atom is 0.261 e. The predicted molar refractivity (Wildman–Crippen MR) is 127 cm³/mol. The molecule has 0 aliphatic heterocycles. The monoisotopic (exact) mass is 444 g/mol. The van der Waals surface area contributed by atoms with Crippen molar-refractivity contribution in [1.29, 1.82) is 0 Å². The summed E-state index contributed by atoms with van der Waals surface area (Å²) in [7, 11) is -3.78. The fourth-order valence-electron chi connectivity index (χ4n) is 3.86. The van der Waals surface area contributed by atoms with Gasteiger partial charge in [-0.05, 0) is 41.5 Å². The van der Waals surface area contributed by atoms with Crippen LogP contribution < -0.4 is 10.0 Å². The molecule has 0 spiro atoms. The van der Waals surface area contributed by atoms with E-state index in [2.05, 4.69) is 34.3 Å². The molecule has 1 aliphatic rings. The first kappa shape index (κ1) is 21.6. The molecule has 1 aliphatic carbocycles. The van der Waals surface area contributed by atoms with Gasteiger partial charge in [-0.2, -0.15) is 0 Å². The second kappa shape index (κ2) is 9.24. The molecule has 0 aromatic heterocycles. The fourth-order valence-corrected chi connectivity index (χ4v) is 4.91. The van der Waals surface area contributed by atoms with Crippen LogP contribution in [0.3, 0.4) is 0 Å². The highest BCUT2D eigenvalue weighted by Crippen LogP contribution is 2.38. The fraction of sp³-hybridized carbons (Fsp3) is 0.115. The Labute approximate surface area is 188 Å². The van der Waals surface area contributed by atoms with Gasteiger partial charge in [0.2, 0.25) is 5.91 Å². The van der Waals surface area contributed by atoms with E-state index in [0.29, 0.717) is 11.4 Å². The lowest BCUT2D eigenvalue weighted by atomic mass is 9.78. The zero-order valence-corrected chi connectivity index (χ0v) is 18.4. The number of carbonyl (C=O) groups excluding carboxylic acids is 1. The molecule has 0 heterocycles. The van der Waals surface area contributed by atoms with Crippen molar-refractivity contribution in [2.75, 3.05) is 5.32 Å². The van der Waals surface area contributed by atoms with Crippen LogP contribution >= 0.6 is 0 Å². The third-order valence-corrected chi connectivity index (χ3v) is 6.73. The van der Waals surface area contributed by atoms with E-state index < -0.39 is 10.0 Å². The SMILES string of the molecule is CC(=O)Nc1ccc(S(=O)(=O)NC2=CC(c3ccccc3)C(c3ccccc3)C=C2)cc1. The van der Waals surface area contributed by atoms with Crippen LogP contribution in [-0.4, -0.2) is 14.3 Å². The maximum atomic E-state index is 13.0. The summed E-state index contributed by atoms with van der Waals surface area (Å²) in [5, 5.41) is 2.63. The van der Waals surface area contributed by atoms with Crippen LogP contribution in [0.5, 0.6) is 0 Å². The number of sulfonamides is 1. The Balaban J connectivity index is 1.61. The smallest absolute Gasteiger partial charge is 0.261 e. The van der Waals surface area contributed by atoms with Crippen LogP contribution in [-0.2, 0) is 14.8 Å². The average molecular weight is 445 g/mol. The van der Waals surface area contributed by atoms with Crippen molar-refractivity contribution >= 4 is 21.6 Å². The van der Waals surface area contributed by atoms with Gasteiger partial charge in [-0.1, -0.05) is 72.8 Å². The lowest BCUT2D eigenvalue weighted by molar-refractivity contribution is -0.114. The quantitative estimate of drug-likeness (QED) is 0.565. The van der Waals surface area contributed by atoms with Crippen molar-refractivity contribution in [3.63, 3.8) is 0 Å². The van der Waals surface area contributed by atoms with E-state index in [9.17, 15) is 13.2 Å². The summed E-state index contributed by atoms with van der Waals surface area (Å²) < 4.78 is 28.6. The highest BCUT2D eigenvalue weighted by Gasteiger charge is 2.25. The standard InChI is InChI=1S/C26H24N2O3S/c1-19(29)27-22-12-15-24(16-13-22)32(30,31)28-23-14-17-25(20-8-4-2-5-9-20)26(18-23)21-10-6-3-7-11-21/h2-18,25-26,28H,1H3,(H,27,29). The third-order valence-electron chi connectivity index (χ3n) is 5.34. The number of carbonyl (C=O) groups is 1. The van der Waals surface area contributed by atoms with Crippen molar-refractivity contribution < 1.29 is 13.2 Å². The van der Waals surface area contributed by atoms with Crippen LogP contribution in [0.2, 0.25) is 0 Å². The number of allylic oxidation sites excluding steroid dienone is 3. The summed E-state index contributed by atoms with van der Waals surface area (Å²) in [6.45, 7) is 1.40. The molecule has 1 amide bonds. The van der Waals surface area contributed by atoms with Gasteiger partial charge in [-0.15, -0.1) is 0 Å². The highest BCUT2D eigenvalue weighted by molar-refractivity contribution is 7.89. The number of nitrogens with one attached hydrogen (secondary N) is 2. The molecule has 4 rings (SSSR count). The lowest BCUT2D eigenvalue weighted by Crippen LogP contribution is -2.25. The second-order valence-corrected chi connectivity index (χ2v) is 9.35. The molecule has 6 heteroatoms. The number of amides is 1. The van der Waals surface area contributed by atoms with Crippen molar-refractivity contribution in [3.8, 4) is 0 Å². The van der Waals surface area contributed by atoms with Crippen molar-refractivity contribution in [1.82, 2.24) is 4.72 Å². The minimum Gasteiger partial charge on any atom is -0.326 e. The first-order valence-electron chi connectivity index (χ1n) is 10.3. The Morgan fingerprint density at radius 1 is 0.781 bits per heavy atom. The van der Waals surface area contributed by atoms with E-state index in [-0.39, 0.29) is 22.6 Å². The third kappa shape index (κ3) is 4.98. The Hall–Kier alpha value is -3.64. The maximum absolute atomic E-state index is 13.0. The Kier molecular flexibility index (Phi) is 6.23. The van der Waals surface area contributed by atoms with E-state index in [0.717, 1.165) is 5.56 Å². The molecule has 0 radical (unpaired) electrons. The average Bonchev–Trinajstić information content (AvgIpc) is 2.80. The molecule has 0 saturated heterocycles. The van der Waals surface area contributed by atoms with Gasteiger partial charge in [0.15, 0.2) is 0 Å². The summed E-state index contributed by atoms with van der Waals surface area (Å²) in [6, 6.07) is 26.3. The minimum absolute atomic E-state index is 0.0107. The van der Waals surface area contributed by atoms with Crippen molar-refractivity contribution in [2.24, 2.45) is 0 Å². The molecule has 0 bridgehead atoms. The van der Waals surface area contributed by atoms with Crippen LogP contribution in [0.1, 0.15) is 29.9 Å². The molecular formula is C26H24N2O3S. The van der Waals surface area contributed by atoms with Crippen LogP contribution in [0, 0.1) is 0 Å². The second-order valence-electron chi connectivity index (χ2n) is 7.67. The van der Waals surface area contributed by atoms with Gasteiger partial charge < -0.3 is 5.32 Å². The summed E-state index contributed by atoms with van der Waals surface area (Å²) >= 11 is 0. The molecule has 3 aromatic carbocycles. The molecule has 162 valence electrons. The summed E-state index contributed by atoms with van der Waals surface area (Å²) in [5.41, 5.74) is 3.35. The molecule has 0 saturated carbocycles. The zero-order chi connectivity index (χ0) is 22.6. The van der Waals surface area contributed by atoms with E-state index >= 15 is 0 Å². The Bertz CT molecular complexity index is 1250. The summed E-state index contributed by atoms with van der Waals surface area (Å²) in [6.07, 6.45) is 5.83. The van der Waals surface area contributed by atoms with Gasteiger partial charge in [-0.25, -0.2) is 8.42 Å². The predicted octanol–water partition coefficient (Wildman–Crippen LogP) is 4.94. The lowest BCUT2D eigenvalue weighted by Gasteiger charge is -2.27. The van der Waals surface area contributed by atoms with Crippen LogP contribution in [0.25, 0.3) is 0 Å². The summed E-state index contributed by atoms with van der Waals surface area (Å²) in [4.78, 5) is 11.3. The topological polar surface area (TPSA) is 75.3 Å².